The van der Waals surface area contributed by atoms with Gasteiger partial charge in [0.1, 0.15) is 5.82 Å². The molecule has 1 aliphatic carbocycles. The molecular weight excluding hydrogens is 246 g/mol. The smallest absolute Gasteiger partial charge is 0.137 e. The first-order chi connectivity index (χ1) is 9.85. The van der Waals surface area contributed by atoms with Gasteiger partial charge in [0, 0.05) is 24.5 Å². The van der Waals surface area contributed by atoms with Crippen molar-refractivity contribution >= 4 is 16.6 Å². The zero-order chi connectivity index (χ0) is 13.5. The molecule has 2 bridgehead atoms. The van der Waals surface area contributed by atoms with E-state index < -0.39 is 0 Å². The molecule has 1 N–H and O–H groups in total. The molecule has 0 spiro atoms. The lowest BCUT2D eigenvalue weighted by molar-refractivity contribution is 0.551. The Morgan fingerprint density at radius 2 is 2.20 bits per heavy atom. The number of benzene rings is 1. The molecule has 1 aliphatic heterocycles. The van der Waals surface area contributed by atoms with Crippen LogP contribution in [0.1, 0.15) is 25.0 Å². The zero-order valence-electron chi connectivity index (χ0n) is 12.0. The quantitative estimate of drug-likeness (QED) is 0.926. The predicted octanol–water partition coefficient (Wildman–Crippen LogP) is 2.94. The summed E-state index contributed by atoms with van der Waals surface area (Å²) in [5.41, 5.74) is 1.14. The van der Waals surface area contributed by atoms with Crippen LogP contribution in [0.2, 0.25) is 0 Å². The molecular formula is C17H21N3. The summed E-state index contributed by atoms with van der Waals surface area (Å²) >= 11 is 0. The number of anilines is 1. The van der Waals surface area contributed by atoms with Gasteiger partial charge >= 0.3 is 0 Å². The van der Waals surface area contributed by atoms with E-state index in [0.29, 0.717) is 0 Å². The van der Waals surface area contributed by atoms with Crippen molar-refractivity contribution in [3.05, 3.63) is 36.0 Å². The first-order valence-corrected chi connectivity index (χ1v) is 7.65. The number of pyridine rings is 1. The number of fused-ring (bicyclic) bond motifs is 3. The summed E-state index contributed by atoms with van der Waals surface area (Å²) in [6.45, 7) is 2.03. The van der Waals surface area contributed by atoms with Crippen molar-refractivity contribution in [1.29, 1.82) is 0 Å². The van der Waals surface area contributed by atoms with Crippen LogP contribution in [-0.2, 0) is 6.54 Å². The normalized spacial score (nSPS) is 24.8. The minimum Gasteiger partial charge on any atom is -0.353 e. The van der Waals surface area contributed by atoms with E-state index in [0.717, 1.165) is 24.2 Å². The Balaban J connectivity index is 1.84. The van der Waals surface area contributed by atoms with Crippen molar-refractivity contribution in [3.8, 4) is 0 Å². The maximum Gasteiger partial charge on any atom is 0.137 e. The SMILES string of the molecule is CNCc1cc2ccccc2c(N2CC3CCC2C3)n1. The standard InChI is InChI=1S/C17H21N3/c1-18-10-14-9-13-4-2-3-5-16(13)17(19-14)20-11-12-6-7-15(20)8-12/h2-5,9,12,15,18H,6-8,10-11H2,1H3. The molecule has 20 heavy (non-hydrogen) atoms. The highest BCUT2D eigenvalue weighted by molar-refractivity contribution is 5.92. The first kappa shape index (κ1) is 12.2. The lowest BCUT2D eigenvalue weighted by atomic mass is 10.1. The molecule has 2 heterocycles. The van der Waals surface area contributed by atoms with Gasteiger partial charge in [0.15, 0.2) is 0 Å². The van der Waals surface area contributed by atoms with Crippen LogP contribution in [0, 0.1) is 5.92 Å². The second kappa shape index (κ2) is 4.74. The molecule has 2 fully saturated rings. The minimum atomic E-state index is 0.723. The van der Waals surface area contributed by atoms with Gasteiger partial charge in [-0.05, 0) is 43.7 Å². The van der Waals surface area contributed by atoms with Gasteiger partial charge in [0.05, 0.1) is 5.69 Å². The van der Waals surface area contributed by atoms with Crippen LogP contribution in [-0.4, -0.2) is 24.6 Å². The number of hydrogen-bond acceptors (Lipinski definition) is 3. The summed E-state index contributed by atoms with van der Waals surface area (Å²) in [5, 5.41) is 5.84. The summed E-state index contributed by atoms with van der Waals surface area (Å²) in [6, 6.07) is 11.6. The van der Waals surface area contributed by atoms with Crippen LogP contribution in [0.15, 0.2) is 30.3 Å². The van der Waals surface area contributed by atoms with Crippen LogP contribution in [0.25, 0.3) is 10.8 Å². The average Bonchev–Trinajstić information content (AvgIpc) is 3.09. The van der Waals surface area contributed by atoms with Gasteiger partial charge in [0.25, 0.3) is 0 Å². The third kappa shape index (κ3) is 1.88. The maximum atomic E-state index is 4.95. The molecule has 3 nitrogen and oxygen atoms in total. The summed E-state index contributed by atoms with van der Waals surface area (Å²) in [4.78, 5) is 7.52. The number of piperidine rings is 1. The Morgan fingerprint density at radius 3 is 2.95 bits per heavy atom. The molecule has 4 rings (SSSR count). The van der Waals surface area contributed by atoms with Gasteiger partial charge in [-0.25, -0.2) is 4.98 Å². The molecule has 0 radical (unpaired) electrons. The molecule has 2 aliphatic rings. The van der Waals surface area contributed by atoms with Gasteiger partial charge in [-0.2, -0.15) is 0 Å². The zero-order valence-corrected chi connectivity index (χ0v) is 12.0. The number of nitrogens with one attached hydrogen (secondary N) is 1. The van der Waals surface area contributed by atoms with Crippen molar-refractivity contribution in [2.24, 2.45) is 5.92 Å². The van der Waals surface area contributed by atoms with Crippen molar-refractivity contribution in [2.75, 3.05) is 18.5 Å². The second-order valence-corrected chi connectivity index (χ2v) is 6.17. The van der Waals surface area contributed by atoms with Crippen molar-refractivity contribution in [1.82, 2.24) is 10.3 Å². The van der Waals surface area contributed by atoms with E-state index in [9.17, 15) is 0 Å². The summed E-state index contributed by atoms with van der Waals surface area (Å²) in [6.07, 6.45) is 4.12. The average molecular weight is 267 g/mol. The number of hydrogen-bond donors (Lipinski definition) is 1. The molecule has 1 aromatic heterocycles. The highest BCUT2D eigenvalue weighted by Gasteiger charge is 2.38. The van der Waals surface area contributed by atoms with E-state index in [1.54, 1.807) is 0 Å². The van der Waals surface area contributed by atoms with Crippen LogP contribution < -0.4 is 10.2 Å². The Labute approximate surface area is 120 Å². The highest BCUT2D eigenvalue weighted by Crippen LogP contribution is 2.41. The van der Waals surface area contributed by atoms with Crippen LogP contribution in [0.3, 0.4) is 0 Å². The third-order valence-corrected chi connectivity index (χ3v) is 4.81. The Kier molecular flexibility index (Phi) is 2.88. The van der Waals surface area contributed by atoms with Crippen molar-refractivity contribution < 1.29 is 0 Å². The number of aromatic nitrogens is 1. The third-order valence-electron chi connectivity index (χ3n) is 4.81. The van der Waals surface area contributed by atoms with Crippen molar-refractivity contribution in [3.63, 3.8) is 0 Å². The lowest BCUT2D eigenvalue weighted by Gasteiger charge is -2.29. The Hall–Kier alpha value is -1.61. The fraction of sp³-hybridized carbons (Fsp3) is 0.471. The van der Waals surface area contributed by atoms with Crippen molar-refractivity contribution in [2.45, 2.75) is 31.8 Å². The topological polar surface area (TPSA) is 28.2 Å². The molecule has 2 unspecified atom stereocenters. The lowest BCUT2D eigenvalue weighted by Crippen LogP contribution is -2.33. The second-order valence-electron chi connectivity index (χ2n) is 6.17. The van der Waals surface area contributed by atoms with Gasteiger partial charge < -0.3 is 10.2 Å². The summed E-state index contributed by atoms with van der Waals surface area (Å²) < 4.78 is 0. The van der Waals surface area contributed by atoms with Gasteiger partial charge in [-0.1, -0.05) is 24.3 Å². The largest absolute Gasteiger partial charge is 0.353 e. The molecule has 2 aromatic rings. The molecule has 2 atom stereocenters. The fourth-order valence-electron chi connectivity index (χ4n) is 3.91. The van der Waals surface area contributed by atoms with Gasteiger partial charge in [0.2, 0.25) is 0 Å². The van der Waals surface area contributed by atoms with E-state index in [2.05, 4.69) is 40.5 Å². The minimum absolute atomic E-state index is 0.723. The number of nitrogens with zero attached hydrogens (tertiary/aromatic N) is 2. The maximum absolute atomic E-state index is 4.95. The summed E-state index contributed by atoms with van der Waals surface area (Å²) in [5.74, 6) is 2.11. The van der Waals surface area contributed by atoms with Crippen LogP contribution in [0.5, 0.6) is 0 Å². The fourth-order valence-corrected chi connectivity index (χ4v) is 3.91. The van der Waals surface area contributed by atoms with E-state index in [4.69, 9.17) is 4.98 Å². The number of rotatable bonds is 3. The predicted molar refractivity (Wildman–Crippen MR) is 83.0 cm³/mol. The van der Waals surface area contributed by atoms with E-state index >= 15 is 0 Å². The van der Waals surface area contributed by atoms with E-state index in [1.807, 2.05) is 7.05 Å². The Bertz CT molecular complexity index is 637. The van der Waals surface area contributed by atoms with Gasteiger partial charge in [-0.15, -0.1) is 0 Å². The van der Waals surface area contributed by atoms with E-state index in [1.165, 1.54) is 42.4 Å². The molecule has 1 saturated carbocycles. The first-order valence-electron chi connectivity index (χ1n) is 7.65. The van der Waals surface area contributed by atoms with Crippen LogP contribution in [0.4, 0.5) is 5.82 Å². The monoisotopic (exact) mass is 267 g/mol. The van der Waals surface area contributed by atoms with Gasteiger partial charge in [-0.3, -0.25) is 0 Å². The Morgan fingerprint density at radius 1 is 1.30 bits per heavy atom. The van der Waals surface area contributed by atoms with E-state index in [-0.39, 0.29) is 0 Å². The summed E-state index contributed by atoms with van der Waals surface area (Å²) in [7, 11) is 1.98. The molecule has 104 valence electrons. The molecule has 0 amide bonds. The highest BCUT2D eigenvalue weighted by atomic mass is 15.2. The molecule has 3 heteroatoms. The van der Waals surface area contributed by atoms with Crippen LogP contribution >= 0.6 is 0 Å². The molecule has 1 saturated heterocycles. The molecule has 1 aromatic carbocycles.